The molecule has 0 heterocycles. The number of aryl methyl sites for hydroxylation is 3. The van der Waals surface area contributed by atoms with Gasteiger partial charge in [0.15, 0.2) is 6.10 Å². The highest BCUT2D eigenvalue weighted by Crippen LogP contribution is 2.23. The molecule has 0 bridgehead atoms. The Kier molecular flexibility index (Phi) is 5.75. The standard InChI is InChI=1S/C19H22N2O4/c1-5-18(25-16-9-7-12(2)14(4)10-16)19(22)20-17-11-15(21(23)24)8-6-13(17)3/h6-11,18H,5H2,1-4H3,(H,20,22)/t18-/m0/s1. The minimum absolute atomic E-state index is 0.0657. The first-order valence-corrected chi connectivity index (χ1v) is 8.11. The molecule has 1 amide bonds. The van der Waals surface area contributed by atoms with Crippen molar-refractivity contribution in [2.45, 2.75) is 40.2 Å². The van der Waals surface area contributed by atoms with Crippen molar-refractivity contribution in [3.63, 3.8) is 0 Å². The van der Waals surface area contributed by atoms with E-state index in [1.54, 1.807) is 13.0 Å². The summed E-state index contributed by atoms with van der Waals surface area (Å²) < 4.78 is 5.81. The zero-order valence-electron chi connectivity index (χ0n) is 14.8. The largest absolute Gasteiger partial charge is 0.481 e. The zero-order chi connectivity index (χ0) is 18.6. The number of nitro benzene ring substituents is 1. The number of nitrogens with zero attached hydrogens (tertiary/aromatic N) is 1. The molecular formula is C19H22N2O4. The van der Waals surface area contributed by atoms with Crippen molar-refractivity contribution in [2.75, 3.05) is 5.32 Å². The number of non-ortho nitro benzene ring substituents is 1. The van der Waals surface area contributed by atoms with Crippen LogP contribution >= 0.6 is 0 Å². The van der Waals surface area contributed by atoms with Crippen molar-refractivity contribution < 1.29 is 14.5 Å². The molecule has 0 aliphatic rings. The van der Waals surface area contributed by atoms with Gasteiger partial charge in [-0.05, 0) is 56.0 Å². The second kappa shape index (κ2) is 7.79. The minimum atomic E-state index is -0.680. The molecule has 0 saturated heterocycles. The fraction of sp³-hybridized carbons (Fsp3) is 0.316. The van der Waals surface area contributed by atoms with Crippen molar-refractivity contribution in [1.29, 1.82) is 0 Å². The van der Waals surface area contributed by atoms with Gasteiger partial charge < -0.3 is 10.1 Å². The first-order valence-electron chi connectivity index (χ1n) is 8.11. The maximum Gasteiger partial charge on any atom is 0.271 e. The molecule has 0 aliphatic carbocycles. The van der Waals surface area contributed by atoms with Crippen LogP contribution in [0.3, 0.4) is 0 Å². The predicted molar refractivity (Wildman–Crippen MR) is 97.1 cm³/mol. The van der Waals surface area contributed by atoms with E-state index in [9.17, 15) is 14.9 Å². The molecule has 1 atom stereocenters. The average molecular weight is 342 g/mol. The molecule has 0 fully saturated rings. The summed E-state index contributed by atoms with van der Waals surface area (Å²) in [6.45, 7) is 7.62. The van der Waals surface area contributed by atoms with Crippen LogP contribution in [0.25, 0.3) is 0 Å². The third-order valence-corrected chi connectivity index (χ3v) is 4.11. The molecule has 0 aromatic heterocycles. The van der Waals surface area contributed by atoms with Crippen LogP contribution in [0.2, 0.25) is 0 Å². The number of hydrogen-bond donors (Lipinski definition) is 1. The lowest BCUT2D eigenvalue weighted by molar-refractivity contribution is -0.384. The highest BCUT2D eigenvalue weighted by atomic mass is 16.6. The Hall–Kier alpha value is -2.89. The van der Waals surface area contributed by atoms with Crippen molar-refractivity contribution in [3.05, 3.63) is 63.2 Å². The van der Waals surface area contributed by atoms with Gasteiger partial charge in [-0.1, -0.05) is 19.1 Å². The number of carbonyl (C=O) groups excluding carboxylic acids is 1. The van der Waals surface area contributed by atoms with Gasteiger partial charge in [-0.3, -0.25) is 14.9 Å². The number of benzene rings is 2. The van der Waals surface area contributed by atoms with Gasteiger partial charge >= 0.3 is 0 Å². The quantitative estimate of drug-likeness (QED) is 0.626. The Morgan fingerprint density at radius 3 is 2.40 bits per heavy atom. The summed E-state index contributed by atoms with van der Waals surface area (Å²) in [5, 5.41) is 13.6. The summed E-state index contributed by atoms with van der Waals surface area (Å²) in [5.74, 6) is 0.296. The van der Waals surface area contributed by atoms with Crippen LogP contribution in [0.1, 0.15) is 30.0 Å². The molecule has 0 saturated carbocycles. The molecule has 132 valence electrons. The number of carbonyl (C=O) groups is 1. The summed E-state index contributed by atoms with van der Waals surface area (Å²) in [5.41, 5.74) is 3.34. The van der Waals surface area contributed by atoms with Gasteiger partial charge in [0.05, 0.1) is 10.6 Å². The van der Waals surface area contributed by atoms with Crippen molar-refractivity contribution in [1.82, 2.24) is 0 Å². The lowest BCUT2D eigenvalue weighted by atomic mass is 10.1. The van der Waals surface area contributed by atoms with Gasteiger partial charge in [0.2, 0.25) is 0 Å². The van der Waals surface area contributed by atoms with Crippen LogP contribution in [0.15, 0.2) is 36.4 Å². The SMILES string of the molecule is CC[C@H](Oc1ccc(C)c(C)c1)C(=O)Nc1cc([N+](=O)[O-])ccc1C. The molecule has 2 rings (SSSR count). The molecule has 2 aromatic carbocycles. The highest BCUT2D eigenvalue weighted by molar-refractivity contribution is 5.95. The summed E-state index contributed by atoms with van der Waals surface area (Å²) in [6, 6.07) is 10.0. The molecule has 0 unspecified atom stereocenters. The maximum atomic E-state index is 12.5. The van der Waals surface area contributed by atoms with Gasteiger partial charge in [-0.15, -0.1) is 0 Å². The smallest absolute Gasteiger partial charge is 0.271 e. The summed E-state index contributed by atoms with van der Waals surface area (Å²) in [4.78, 5) is 22.9. The Morgan fingerprint density at radius 1 is 1.12 bits per heavy atom. The topological polar surface area (TPSA) is 81.5 Å². The average Bonchev–Trinajstić information content (AvgIpc) is 2.57. The van der Waals surface area contributed by atoms with Gasteiger partial charge in [-0.25, -0.2) is 0 Å². The second-order valence-electron chi connectivity index (χ2n) is 6.01. The van der Waals surface area contributed by atoms with Gasteiger partial charge in [0.1, 0.15) is 5.75 Å². The van der Waals surface area contributed by atoms with E-state index in [1.165, 1.54) is 12.1 Å². The van der Waals surface area contributed by atoms with Crippen molar-refractivity contribution in [2.24, 2.45) is 0 Å². The van der Waals surface area contributed by atoms with Crippen LogP contribution in [0, 0.1) is 30.9 Å². The van der Waals surface area contributed by atoms with Crippen LogP contribution < -0.4 is 10.1 Å². The third kappa shape index (κ3) is 4.56. The Morgan fingerprint density at radius 2 is 1.80 bits per heavy atom. The van der Waals surface area contributed by atoms with E-state index >= 15 is 0 Å². The molecule has 0 aliphatic heterocycles. The zero-order valence-corrected chi connectivity index (χ0v) is 14.8. The number of rotatable bonds is 6. The van der Waals surface area contributed by atoms with Crippen LogP contribution in [0.4, 0.5) is 11.4 Å². The predicted octanol–water partition coefficient (Wildman–Crippen LogP) is 4.32. The Labute approximate surface area is 147 Å². The molecule has 1 N–H and O–H groups in total. The number of amides is 1. The van der Waals surface area contributed by atoms with Crippen molar-refractivity contribution in [3.8, 4) is 5.75 Å². The molecule has 6 nitrogen and oxygen atoms in total. The molecule has 0 spiro atoms. The maximum absolute atomic E-state index is 12.5. The molecule has 0 radical (unpaired) electrons. The third-order valence-electron chi connectivity index (χ3n) is 4.11. The van der Waals surface area contributed by atoms with Crippen molar-refractivity contribution >= 4 is 17.3 Å². The number of nitro groups is 1. The number of hydrogen-bond acceptors (Lipinski definition) is 4. The Balaban J connectivity index is 2.16. The van der Waals surface area contributed by atoms with E-state index in [2.05, 4.69) is 5.32 Å². The van der Waals surface area contributed by atoms with Gasteiger partial charge in [0, 0.05) is 12.1 Å². The van der Waals surface area contributed by atoms with Crippen LogP contribution in [-0.2, 0) is 4.79 Å². The first kappa shape index (κ1) is 18.4. The fourth-order valence-corrected chi connectivity index (χ4v) is 2.35. The minimum Gasteiger partial charge on any atom is -0.481 e. The number of nitrogens with one attached hydrogen (secondary N) is 1. The number of anilines is 1. The fourth-order valence-electron chi connectivity index (χ4n) is 2.35. The monoisotopic (exact) mass is 342 g/mol. The van der Waals surface area contributed by atoms with E-state index in [4.69, 9.17) is 4.74 Å². The van der Waals surface area contributed by atoms with E-state index in [-0.39, 0.29) is 11.6 Å². The second-order valence-corrected chi connectivity index (χ2v) is 6.01. The summed E-state index contributed by atoms with van der Waals surface area (Å²) in [6.07, 6.45) is -0.201. The Bertz CT molecular complexity index is 802. The molecule has 2 aromatic rings. The van der Waals surface area contributed by atoms with E-state index in [1.807, 2.05) is 39.0 Å². The lowest BCUT2D eigenvalue weighted by Gasteiger charge is -2.18. The lowest BCUT2D eigenvalue weighted by Crippen LogP contribution is -2.32. The normalized spacial score (nSPS) is 11.7. The van der Waals surface area contributed by atoms with Crippen LogP contribution in [0.5, 0.6) is 5.75 Å². The summed E-state index contributed by atoms with van der Waals surface area (Å²) >= 11 is 0. The molecule has 6 heteroatoms. The first-order chi connectivity index (χ1) is 11.8. The molecule has 25 heavy (non-hydrogen) atoms. The van der Waals surface area contributed by atoms with Gasteiger partial charge in [0.25, 0.3) is 11.6 Å². The molecular weight excluding hydrogens is 320 g/mol. The number of ether oxygens (including phenoxy) is 1. The van der Waals surface area contributed by atoms with E-state index < -0.39 is 11.0 Å². The van der Waals surface area contributed by atoms with Gasteiger partial charge in [-0.2, -0.15) is 0 Å². The van der Waals surface area contributed by atoms with E-state index in [0.717, 1.165) is 16.7 Å². The van der Waals surface area contributed by atoms with Crippen LogP contribution in [-0.4, -0.2) is 16.9 Å². The van der Waals surface area contributed by atoms with E-state index in [0.29, 0.717) is 17.9 Å². The highest BCUT2D eigenvalue weighted by Gasteiger charge is 2.20. The summed E-state index contributed by atoms with van der Waals surface area (Å²) in [7, 11) is 0.